The van der Waals surface area contributed by atoms with Crippen molar-refractivity contribution in [1.82, 2.24) is 0 Å². The molecule has 0 amide bonds. The summed E-state index contributed by atoms with van der Waals surface area (Å²) in [5.41, 5.74) is 8.39. The van der Waals surface area contributed by atoms with E-state index in [4.69, 9.17) is 0 Å². The van der Waals surface area contributed by atoms with Crippen LogP contribution in [0.4, 0.5) is 0 Å². The van der Waals surface area contributed by atoms with Crippen LogP contribution in [0.1, 0.15) is 22.3 Å². The number of benzene rings is 2. The Morgan fingerprint density at radius 1 is 0.684 bits per heavy atom. The van der Waals surface area contributed by atoms with Gasteiger partial charge in [-0.3, -0.25) is 0 Å². The maximum Gasteiger partial charge on any atom is 0.0292 e. The molecule has 1 aliphatic rings. The van der Waals surface area contributed by atoms with Crippen LogP contribution in [0.3, 0.4) is 0 Å². The standard InChI is InChI=1S/C17H14Br2/c18-10-16-14-7-3-1-5-12(14)9-13-6-2-4-8-15(13)17(16)11-19/h1-8H,9-11H2. The maximum atomic E-state index is 3.67. The monoisotopic (exact) mass is 376 g/mol. The van der Waals surface area contributed by atoms with Crippen LogP contribution < -0.4 is 0 Å². The van der Waals surface area contributed by atoms with Crippen molar-refractivity contribution in [2.75, 3.05) is 10.7 Å². The molecule has 0 saturated heterocycles. The Balaban J connectivity index is 2.34. The molecule has 2 aromatic rings. The number of rotatable bonds is 2. The molecule has 0 bridgehead atoms. The van der Waals surface area contributed by atoms with E-state index in [-0.39, 0.29) is 0 Å². The second-order valence-corrected chi connectivity index (χ2v) is 5.84. The molecule has 0 spiro atoms. The van der Waals surface area contributed by atoms with Crippen LogP contribution in [0.15, 0.2) is 48.5 Å². The van der Waals surface area contributed by atoms with Crippen LogP contribution in [0, 0.1) is 0 Å². The zero-order chi connectivity index (χ0) is 13.2. The highest BCUT2D eigenvalue weighted by Crippen LogP contribution is 2.37. The fraction of sp³-hybridized carbons (Fsp3) is 0.176. The van der Waals surface area contributed by atoms with Crippen molar-refractivity contribution in [3.63, 3.8) is 0 Å². The summed E-state index contributed by atoms with van der Waals surface area (Å²) in [7, 11) is 0. The SMILES string of the molecule is BrCC1=C(CBr)c2ccccc2Cc2ccccc21. The first-order valence-electron chi connectivity index (χ1n) is 6.35. The van der Waals surface area contributed by atoms with E-state index >= 15 is 0 Å². The largest absolute Gasteiger partial charge is 0.0876 e. The molecule has 0 saturated carbocycles. The highest BCUT2D eigenvalue weighted by Gasteiger charge is 2.19. The van der Waals surface area contributed by atoms with Gasteiger partial charge in [-0.25, -0.2) is 0 Å². The van der Waals surface area contributed by atoms with Gasteiger partial charge in [0, 0.05) is 10.7 Å². The van der Waals surface area contributed by atoms with E-state index < -0.39 is 0 Å². The minimum Gasteiger partial charge on any atom is -0.0876 e. The van der Waals surface area contributed by atoms with Gasteiger partial charge in [-0.15, -0.1) is 0 Å². The molecule has 1 aliphatic carbocycles. The molecule has 2 aromatic carbocycles. The predicted octanol–water partition coefficient (Wildman–Crippen LogP) is 5.29. The van der Waals surface area contributed by atoms with Gasteiger partial charge in [0.1, 0.15) is 0 Å². The molecule has 0 atom stereocenters. The number of halogens is 2. The van der Waals surface area contributed by atoms with E-state index in [1.54, 1.807) is 0 Å². The normalized spacial score (nSPS) is 13.8. The predicted molar refractivity (Wildman–Crippen MR) is 90.1 cm³/mol. The number of hydrogen-bond acceptors (Lipinski definition) is 0. The topological polar surface area (TPSA) is 0 Å². The summed E-state index contributed by atoms with van der Waals surface area (Å²) in [6.07, 6.45) is 1.01. The zero-order valence-electron chi connectivity index (χ0n) is 10.5. The summed E-state index contributed by atoms with van der Waals surface area (Å²) in [5, 5.41) is 1.78. The highest BCUT2D eigenvalue weighted by molar-refractivity contribution is 9.09. The lowest BCUT2D eigenvalue weighted by atomic mass is 9.97. The molecule has 3 rings (SSSR count). The second-order valence-electron chi connectivity index (χ2n) is 4.72. The van der Waals surface area contributed by atoms with Gasteiger partial charge >= 0.3 is 0 Å². The van der Waals surface area contributed by atoms with Gasteiger partial charge in [-0.1, -0.05) is 80.4 Å². The van der Waals surface area contributed by atoms with Crippen LogP contribution in [0.2, 0.25) is 0 Å². The van der Waals surface area contributed by atoms with E-state index in [1.807, 2.05) is 0 Å². The highest BCUT2D eigenvalue weighted by atomic mass is 79.9. The Bertz CT molecular complexity index is 586. The molecular weight excluding hydrogens is 364 g/mol. The molecule has 19 heavy (non-hydrogen) atoms. The fourth-order valence-electron chi connectivity index (χ4n) is 2.77. The van der Waals surface area contributed by atoms with Crippen LogP contribution in [0.5, 0.6) is 0 Å². The minimum absolute atomic E-state index is 0.888. The van der Waals surface area contributed by atoms with E-state index in [2.05, 4.69) is 80.4 Å². The Hall–Kier alpha value is -0.860. The van der Waals surface area contributed by atoms with Crippen molar-refractivity contribution >= 4 is 43.0 Å². The Morgan fingerprint density at radius 2 is 1.11 bits per heavy atom. The average molecular weight is 378 g/mol. The summed E-state index contributed by atoms with van der Waals surface area (Å²) < 4.78 is 0. The average Bonchev–Trinajstić information content (AvgIpc) is 2.60. The van der Waals surface area contributed by atoms with Crippen LogP contribution in [-0.4, -0.2) is 10.7 Å². The molecule has 0 aliphatic heterocycles. The number of fused-ring (bicyclic) bond motifs is 2. The Labute approximate surface area is 130 Å². The zero-order valence-corrected chi connectivity index (χ0v) is 13.7. The second kappa shape index (κ2) is 5.64. The summed E-state index contributed by atoms with van der Waals surface area (Å²) in [4.78, 5) is 0. The van der Waals surface area contributed by atoms with Crippen molar-refractivity contribution in [3.8, 4) is 0 Å². The summed E-state index contributed by atoms with van der Waals surface area (Å²) in [6, 6.07) is 17.5. The first-order chi connectivity index (χ1) is 9.35. The van der Waals surface area contributed by atoms with E-state index in [9.17, 15) is 0 Å². The van der Waals surface area contributed by atoms with E-state index in [0.29, 0.717) is 0 Å². The Morgan fingerprint density at radius 3 is 1.53 bits per heavy atom. The first-order valence-corrected chi connectivity index (χ1v) is 8.60. The van der Waals surface area contributed by atoms with E-state index in [1.165, 1.54) is 33.4 Å². The molecule has 0 unspecified atom stereocenters. The number of hydrogen-bond donors (Lipinski definition) is 0. The molecular formula is C17H14Br2. The lowest BCUT2D eigenvalue weighted by Crippen LogP contribution is -1.95. The van der Waals surface area contributed by atoms with Crippen molar-refractivity contribution in [1.29, 1.82) is 0 Å². The molecule has 0 aromatic heterocycles. The van der Waals surface area contributed by atoms with Crippen LogP contribution in [0.25, 0.3) is 11.1 Å². The third-order valence-electron chi connectivity index (χ3n) is 3.70. The summed E-state index contributed by atoms with van der Waals surface area (Å²) >= 11 is 7.34. The fourth-order valence-corrected chi connectivity index (χ4v) is 4.05. The third-order valence-corrected chi connectivity index (χ3v) is 4.82. The molecule has 0 fully saturated rings. The van der Waals surface area contributed by atoms with Gasteiger partial charge in [-0.2, -0.15) is 0 Å². The summed E-state index contributed by atoms with van der Waals surface area (Å²) in [5.74, 6) is 0. The maximum absolute atomic E-state index is 3.67. The van der Waals surface area contributed by atoms with Crippen molar-refractivity contribution in [2.24, 2.45) is 0 Å². The number of allylic oxidation sites excluding steroid dienone is 2. The first kappa shape index (κ1) is 13.1. The minimum atomic E-state index is 0.888. The van der Waals surface area contributed by atoms with E-state index in [0.717, 1.165) is 17.1 Å². The summed E-state index contributed by atoms with van der Waals surface area (Å²) in [6.45, 7) is 0. The molecule has 2 heteroatoms. The molecule has 0 heterocycles. The molecule has 0 radical (unpaired) electrons. The van der Waals surface area contributed by atoms with Gasteiger partial charge < -0.3 is 0 Å². The van der Waals surface area contributed by atoms with Gasteiger partial charge in [0.15, 0.2) is 0 Å². The van der Waals surface area contributed by atoms with Gasteiger partial charge in [0.2, 0.25) is 0 Å². The van der Waals surface area contributed by atoms with Gasteiger partial charge in [0.05, 0.1) is 0 Å². The van der Waals surface area contributed by atoms with Gasteiger partial charge in [-0.05, 0) is 39.8 Å². The van der Waals surface area contributed by atoms with Crippen LogP contribution in [-0.2, 0) is 6.42 Å². The smallest absolute Gasteiger partial charge is 0.0292 e. The van der Waals surface area contributed by atoms with Crippen molar-refractivity contribution < 1.29 is 0 Å². The Kier molecular flexibility index (Phi) is 3.90. The van der Waals surface area contributed by atoms with Gasteiger partial charge in [0.25, 0.3) is 0 Å². The quantitative estimate of drug-likeness (QED) is 0.623. The van der Waals surface area contributed by atoms with Crippen molar-refractivity contribution in [3.05, 3.63) is 70.8 Å². The third kappa shape index (κ3) is 2.32. The van der Waals surface area contributed by atoms with Crippen molar-refractivity contribution in [2.45, 2.75) is 6.42 Å². The lowest BCUT2D eigenvalue weighted by molar-refractivity contribution is 1.18. The molecule has 0 nitrogen and oxygen atoms in total. The molecule has 0 N–H and O–H groups in total. The molecule has 96 valence electrons. The van der Waals surface area contributed by atoms with Crippen LogP contribution >= 0.6 is 31.9 Å². The number of alkyl halides is 2. The lowest BCUT2D eigenvalue weighted by Gasteiger charge is -2.12.